The molecule has 5 heterocycles. The molecule has 0 atom stereocenters. The molecule has 1 amide bonds. The highest BCUT2D eigenvalue weighted by atomic mass is 16.5. The molecule has 1 spiro atoms. The Bertz CT molecular complexity index is 1120. The number of ether oxygens (including phenoxy) is 1. The summed E-state index contributed by atoms with van der Waals surface area (Å²) in [5.74, 6) is 1.13. The summed E-state index contributed by atoms with van der Waals surface area (Å²) < 4.78 is 7.07. The van der Waals surface area contributed by atoms with E-state index in [-0.39, 0.29) is 5.91 Å². The highest BCUT2D eigenvalue weighted by molar-refractivity contribution is 6.01. The number of anilines is 1. The first-order valence-corrected chi connectivity index (χ1v) is 10.2. The van der Waals surface area contributed by atoms with Crippen LogP contribution in [0.5, 0.6) is 0 Å². The van der Waals surface area contributed by atoms with Crippen LogP contribution < -0.4 is 10.2 Å². The van der Waals surface area contributed by atoms with E-state index in [1.807, 2.05) is 26.8 Å². The summed E-state index contributed by atoms with van der Waals surface area (Å²) in [5, 5.41) is 7.40. The molecular weight excluding hydrogens is 382 g/mol. The molecule has 5 rings (SSSR count). The molecule has 0 unspecified atom stereocenters. The zero-order chi connectivity index (χ0) is 21.1. The summed E-state index contributed by atoms with van der Waals surface area (Å²) in [4.78, 5) is 28.2. The number of hydrogen-bond donors (Lipinski definition) is 1. The Morgan fingerprint density at radius 3 is 2.77 bits per heavy atom. The van der Waals surface area contributed by atoms with Crippen molar-refractivity contribution < 1.29 is 9.53 Å². The molecule has 3 fully saturated rings. The zero-order valence-electron chi connectivity index (χ0n) is 17.5. The third-order valence-electron chi connectivity index (χ3n) is 6.21. The number of rotatable bonds is 4. The monoisotopic (exact) mass is 407 g/mol. The van der Waals surface area contributed by atoms with Crippen molar-refractivity contribution in [3.63, 3.8) is 0 Å². The van der Waals surface area contributed by atoms with Gasteiger partial charge in [-0.3, -0.25) is 4.79 Å². The van der Waals surface area contributed by atoms with E-state index in [1.165, 1.54) is 0 Å². The average Bonchev–Trinajstić information content (AvgIpc) is 3.14. The van der Waals surface area contributed by atoms with Crippen LogP contribution in [0, 0.1) is 10.8 Å². The number of nitrogens with one attached hydrogen (secondary N) is 1. The minimum atomic E-state index is -0.618. The molecule has 9 nitrogen and oxygen atoms in total. The Balaban J connectivity index is 1.44. The zero-order valence-corrected chi connectivity index (χ0v) is 17.5. The molecule has 3 aliphatic heterocycles. The van der Waals surface area contributed by atoms with Crippen LogP contribution in [0.25, 0.3) is 5.65 Å². The van der Waals surface area contributed by atoms with Gasteiger partial charge in [0.15, 0.2) is 11.5 Å². The number of amides is 1. The SMILES string of the molecule is C=C1/C(=C\C(CC)=Nc2nc3c(N4CC5(COC5)C4)nccn3n2)NC(=O)C1(C)C. The average molecular weight is 407 g/mol. The first kappa shape index (κ1) is 18.9. The van der Waals surface area contributed by atoms with Crippen LogP contribution in [0.4, 0.5) is 11.8 Å². The second kappa shape index (κ2) is 6.46. The molecule has 1 N–H and O–H groups in total. The maximum absolute atomic E-state index is 12.2. The predicted octanol–water partition coefficient (Wildman–Crippen LogP) is 2.04. The van der Waals surface area contributed by atoms with Crippen LogP contribution in [-0.4, -0.2) is 57.5 Å². The van der Waals surface area contributed by atoms with Gasteiger partial charge in [0.25, 0.3) is 5.95 Å². The summed E-state index contributed by atoms with van der Waals surface area (Å²) >= 11 is 0. The van der Waals surface area contributed by atoms with E-state index < -0.39 is 5.41 Å². The summed E-state index contributed by atoms with van der Waals surface area (Å²) in [6, 6.07) is 0. The van der Waals surface area contributed by atoms with Crippen LogP contribution in [0.15, 0.2) is 41.3 Å². The van der Waals surface area contributed by atoms with Crippen LogP contribution in [-0.2, 0) is 9.53 Å². The third-order valence-corrected chi connectivity index (χ3v) is 6.21. The van der Waals surface area contributed by atoms with Crippen molar-refractivity contribution in [2.45, 2.75) is 27.2 Å². The van der Waals surface area contributed by atoms with Crippen LogP contribution in [0.1, 0.15) is 27.2 Å². The molecule has 2 aromatic heterocycles. The number of aliphatic imine (C=N–C) groups is 1. The molecule has 2 aromatic rings. The Kier molecular flexibility index (Phi) is 4.08. The highest BCUT2D eigenvalue weighted by Gasteiger charge is 2.50. The molecule has 30 heavy (non-hydrogen) atoms. The van der Waals surface area contributed by atoms with Crippen molar-refractivity contribution in [1.82, 2.24) is 24.9 Å². The fourth-order valence-electron chi connectivity index (χ4n) is 4.01. The van der Waals surface area contributed by atoms with Gasteiger partial charge in [-0.15, -0.1) is 5.10 Å². The van der Waals surface area contributed by atoms with Gasteiger partial charge in [0.2, 0.25) is 5.91 Å². The quantitative estimate of drug-likeness (QED) is 0.779. The van der Waals surface area contributed by atoms with Crippen LogP contribution in [0.3, 0.4) is 0 Å². The van der Waals surface area contributed by atoms with Gasteiger partial charge in [-0.1, -0.05) is 13.5 Å². The van der Waals surface area contributed by atoms with Crippen molar-refractivity contribution in [3.05, 3.63) is 36.3 Å². The first-order valence-electron chi connectivity index (χ1n) is 10.2. The molecule has 3 aliphatic rings. The Hall–Kier alpha value is -3.07. The molecule has 0 aromatic carbocycles. The lowest BCUT2D eigenvalue weighted by Crippen LogP contribution is -2.66. The van der Waals surface area contributed by atoms with E-state index in [0.29, 0.717) is 29.1 Å². The summed E-state index contributed by atoms with van der Waals surface area (Å²) in [5.41, 5.74) is 2.59. The lowest BCUT2D eigenvalue weighted by atomic mass is 9.78. The lowest BCUT2D eigenvalue weighted by molar-refractivity contribution is -0.127. The maximum atomic E-state index is 12.2. The van der Waals surface area contributed by atoms with E-state index in [0.717, 1.165) is 43.4 Å². The minimum absolute atomic E-state index is 0.0556. The molecule has 0 radical (unpaired) electrons. The van der Waals surface area contributed by atoms with E-state index in [1.54, 1.807) is 16.9 Å². The molecule has 0 aliphatic carbocycles. The Morgan fingerprint density at radius 2 is 2.17 bits per heavy atom. The van der Waals surface area contributed by atoms with Gasteiger partial charge in [-0.25, -0.2) is 14.5 Å². The van der Waals surface area contributed by atoms with Crippen molar-refractivity contribution in [2.24, 2.45) is 15.8 Å². The second-order valence-corrected chi connectivity index (χ2v) is 8.85. The van der Waals surface area contributed by atoms with Crippen molar-refractivity contribution in [3.8, 4) is 0 Å². The summed E-state index contributed by atoms with van der Waals surface area (Å²) in [6.45, 7) is 13.3. The topological polar surface area (TPSA) is 97.0 Å². The van der Waals surface area contributed by atoms with Crippen molar-refractivity contribution >= 4 is 29.0 Å². The first-order chi connectivity index (χ1) is 14.3. The van der Waals surface area contributed by atoms with Crippen molar-refractivity contribution in [1.29, 1.82) is 0 Å². The molecule has 3 saturated heterocycles. The highest BCUT2D eigenvalue weighted by Crippen LogP contribution is 2.40. The van der Waals surface area contributed by atoms with Gasteiger partial charge in [-0.2, -0.15) is 4.98 Å². The minimum Gasteiger partial charge on any atom is -0.380 e. The number of carbonyl (C=O) groups is 1. The molecule has 0 saturated carbocycles. The van der Waals surface area contributed by atoms with Crippen LogP contribution >= 0.6 is 0 Å². The van der Waals surface area contributed by atoms with Crippen LogP contribution in [0.2, 0.25) is 0 Å². The Labute approximate surface area is 174 Å². The summed E-state index contributed by atoms with van der Waals surface area (Å²) in [6.07, 6.45) is 6.03. The number of carbonyl (C=O) groups excluding carboxylic acids is 1. The molecule has 0 bridgehead atoms. The van der Waals surface area contributed by atoms with E-state index >= 15 is 0 Å². The van der Waals surface area contributed by atoms with Crippen molar-refractivity contribution in [2.75, 3.05) is 31.2 Å². The number of allylic oxidation sites excluding steroid dienone is 2. The molecule has 156 valence electrons. The van der Waals surface area contributed by atoms with E-state index in [9.17, 15) is 4.79 Å². The van der Waals surface area contributed by atoms with Gasteiger partial charge >= 0.3 is 0 Å². The number of hydrogen-bond acceptors (Lipinski definition) is 7. The standard InChI is InChI=1S/C21H25N7O2/c1-5-14(8-15-13(2)20(3,4)18(29)24-15)23-19-25-17-16(22-6-7-28(17)26-19)27-9-21(10-27)11-30-12-21/h6-8H,2,5,9-12H2,1,3-4H3,(H,24,29)/b15-8+,23-14?. The number of nitrogens with zero attached hydrogens (tertiary/aromatic N) is 6. The smallest absolute Gasteiger partial charge is 0.269 e. The van der Waals surface area contributed by atoms with Gasteiger partial charge in [0.1, 0.15) is 0 Å². The number of aromatic nitrogens is 4. The largest absolute Gasteiger partial charge is 0.380 e. The Morgan fingerprint density at radius 1 is 1.40 bits per heavy atom. The van der Waals surface area contributed by atoms with Gasteiger partial charge in [-0.05, 0) is 31.9 Å². The number of fused-ring (bicyclic) bond motifs is 1. The molecule has 9 heteroatoms. The normalized spacial score (nSPS) is 23.8. The second-order valence-electron chi connectivity index (χ2n) is 8.85. The van der Waals surface area contributed by atoms with Gasteiger partial charge in [0.05, 0.1) is 24.0 Å². The van der Waals surface area contributed by atoms with E-state index in [4.69, 9.17) is 4.74 Å². The molecular formula is C21H25N7O2. The summed E-state index contributed by atoms with van der Waals surface area (Å²) in [7, 11) is 0. The fraction of sp³-hybridized carbons (Fsp3) is 0.476. The lowest BCUT2D eigenvalue weighted by Gasteiger charge is -2.55. The maximum Gasteiger partial charge on any atom is 0.269 e. The van der Waals surface area contributed by atoms with E-state index in [2.05, 4.69) is 36.9 Å². The third kappa shape index (κ3) is 2.84. The van der Waals surface area contributed by atoms with Gasteiger partial charge in [0, 0.05) is 36.9 Å². The van der Waals surface area contributed by atoms with Gasteiger partial charge < -0.3 is 15.0 Å². The predicted molar refractivity (Wildman–Crippen MR) is 113 cm³/mol. The fourth-order valence-corrected chi connectivity index (χ4v) is 4.01.